The second-order valence-corrected chi connectivity index (χ2v) is 11.5. The number of amides is 2. The zero-order chi connectivity index (χ0) is 25.1. The minimum atomic E-state index is -4.17. The van der Waals surface area contributed by atoms with Gasteiger partial charge in [0.1, 0.15) is 12.3 Å². The molecule has 1 fully saturated rings. The third-order valence-corrected chi connectivity index (χ3v) is 8.67. The van der Waals surface area contributed by atoms with Crippen LogP contribution in [0.5, 0.6) is 0 Å². The molecule has 0 radical (unpaired) electrons. The number of morpholine rings is 1. The van der Waals surface area contributed by atoms with Gasteiger partial charge in [-0.1, -0.05) is 59.2 Å². The highest BCUT2D eigenvalue weighted by Crippen LogP contribution is 2.37. The van der Waals surface area contributed by atoms with E-state index < -0.39 is 26.2 Å². The fourth-order valence-electron chi connectivity index (χ4n) is 4.36. The van der Waals surface area contributed by atoms with Crippen LogP contribution in [0, 0.1) is 0 Å². The molecule has 0 spiro atoms. The van der Waals surface area contributed by atoms with Crippen molar-refractivity contribution >= 4 is 33.6 Å². The monoisotopic (exact) mass is 520 g/mol. The zero-order valence-corrected chi connectivity index (χ0v) is 21.5. The first-order valence-electron chi connectivity index (χ1n) is 11.5. The average molecular weight is 521 g/mol. The molecular formula is C24H31ClN5O4S+. The minimum absolute atomic E-state index is 0.0497. The summed E-state index contributed by atoms with van der Waals surface area (Å²) in [7, 11) is -1.33. The van der Waals surface area contributed by atoms with E-state index in [-0.39, 0.29) is 6.54 Å². The van der Waals surface area contributed by atoms with Gasteiger partial charge in [-0.05, 0) is 17.7 Å². The number of benzene rings is 2. The molecule has 11 heteroatoms. The fourth-order valence-corrected chi connectivity index (χ4v) is 5.83. The topological polar surface area (TPSA) is 91.3 Å². The third-order valence-electron chi connectivity index (χ3n) is 6.34. The van der Waals surface area contributed by atoms with Gasteiger partial charge in [-0.3, -0.25) is 4.90 Å². The molecule has 188 valence electrons. The molecule has 2 amide bonds. The van der Waals surface area contributed by atoms with Gasteiger partial charge in [0.25, 0.3) is 0 Å². The van der Waals surface area contributed by atoms with Crippen molar-refractivity contribution < 1.29 is 21.9 Å². The molecule has 2 aromatic rings. The number of hydrogen-bond acceptors (Lipinski definition) is 6. The van der Waals surface area contributed by atoms with E-state index >= 15 is 0 Å². The predicted molar refractivity (Wildman–Crippen MR) is 136 cm³/mol. The number of ether oxygens (including phenoxy) is 1. The number of nitrogens with zero attached hydrogens (tertiary/aromatic N) is 4. The van der Waals surface area contributed by atoms with Gasteiger partial charge in [0.05, 0.1) is 19.1 Å². The Kier molecular flexibility index (Phi) is 7.89. The van der Waals surface area contributed by atoms with Crippen molar-refractivity contribution in [1.82, 2.24) is 14.5 Å². The van der Waals surface area contributed by atoms with Crippen molar-refractivity contribution in [1.29, 1.82) is 0 Å². The van der Waals surface area contributed by atoms with Crippen LogP contribution in [0.4, 0.5) is 4.79 Å². The zero-order valence-electron chi connectivity index (χ0n) is 19.9. The van der Waals surface area contributed by atoms with E-state index in [2.05, 4.69) is 15.3 Å². The Morgan fingerprint density at radius 3 is 2.43 bits per heavy atom. The summed E-state index contributed by atoms with van der Waals surface area (Å²) < 4.78 is 32.6. The summed E-state index contributed by atoms with van der Waals surface area (Å²) >= 11 is 6.09. The molecule has 2 heterocycles. The van der Waals surface area contributed by atoms with E-state index in [0.29, 0.717) is 37.0 Å². The van der Waals surface area contributed by atoms with Gasteiger partial charge >= 0.3 is 16.2 Å². The highest BCUT2D eigenvalue weighted by atomic mass is 35.5. The molecule has 1 N–H and O–H groups in total. The number of nitrogens with one attached hydrogen (secondary N) is 1. The smallest absolute Gasteiger partial charge is 0.379 e. The van der Waals surface area contributed by atoms with Crippen molar-refractivity contribution in [3.8, 4) is 0 Å². The largest absolute Gasteiger partial charge is 0.460 e. The van der Waals surface area contributed by atoms with Gasteiger partial charge in [-0.25, -0.2) is 4.79 Å². The Balaban J connectivity index is 1.72. The highest BCUT2D eigenvalue weighted by molar-refractivity contribution is 7.83. The van der Waals surface area contributed by atoms with Crippen LogP contribution in [-0.2, 0) is 14.9 Å². The van der Waals surface area contributed by atoms with E-state index in [1.165, 1.54) is 14.1 Å². The molecule has 9 nitrogen and oxygen atoms in total. The SMILES string of the molecule is CN(C)S(=O)(=O)[N+]1(C(=O)NCCN2CCOCC2)CC(c2ccccc2)C(c2ccc(Cl)cc2)=N1. The van der Waals surface area contributed by atoms with Gasteiger partial charge in [-0.15, -0.1) is 0 Å². The van der Waals surface area contributed by atoms with Gasteiger partial charge in [-0.2, -0.15) is 12.7 Å². The Labute approximate surface area is 211 Å². The molecule has 0 aliphatic carbocycles. The van der Waals surface area contributed by atoms with Gasteiger partial charge in [0, 0.05) is 54.9 Å². The number of quaternary nitrogens is 1. The molecular weight excluding hydrogens is 490 g/mol. The lowest BCUT2D eigenvalue weighted by atomic mass is 9.91. The van der Waals surface area contributed by atoms with Crippen LogP contribution in [0.1, 0.15) is 17.0 Å². The maximum atomic E-state index is 13.7. The van der Waals surface area contributed by atoms with Crippen LogP contribution in [0.15, 0.2) is 59.7 Å². The molecule has 2 aliphatic heterocycles. The molecule has 2 atom stereocenters. The summed E-state index contributed by atoms with van der Waals surface area (Å²) in [5, 5.41) is 8.08. The molecule has 35 heavy (non-hydrogen) atoms. The molecule has 0 bridgehead atoms. The van der Waals surface area contributed by atoms with Crippen molar-refractivity contribution in [3.63, 3.8) is 0 Å². The lowest BCUT2D eigenvalue weighted by molar-refractivity contribution is -0.725. The molecule has 0 saturated carbocycles. The summed E-state index contributed by atoms with van der Waals surface area (Å²) in [6.07, 6.45) is 0. The van der Waals surface area contributed by atoms with Crippen molar-refractivity contribution in [2.75, 3.05) is 60.0 Å². The molecule has 2 aromatic carbocycles. The van der Waals surface area contributed by atoms with E-state index in [0.717, 1.165) is 28.5 Å². The van der Waals surface area contributed by atoms with E-state index in [1.807, 2.05) is 30.3 Å². The number of carbonyl (C=O) groups is 1. The molecule has 2 unspecified atom stereocenters. The Morgan fingerprint density at radius 2 is 1.80 bits per heavy atom. The molecule has 1 saturated heterocycles. The Hall–Kier alpha value is -2.34. The molecule has 2 aliphatic rings. The van der Waals surface area contributed by atoms with E-state index in [9.17, 15) is 13.2 Å². The van der Waals surface area contributed by atoms with Crippen molar-refractivity contribution in [2.24, 2.45) is 5.10 Å². The van der Waals surface area contributed by atoms with Crippen molar-refractivity contribution in [3.05, 3.63) is 70.7 Å². The van der Waals surface area contributed by atoms with Crippen LogP contribution < -0.4 is 5.32 Å². The molecule has 0 aromatic heterocycles. The van der Waals surface area contributed by atoms with Crippen LogP contribution in [0.3, 0.4) is 0 Å². The van der Waals surface area contributed by atoms with Gasteiger partial charge in [0.15, 0.2) is 0 Å². The van der Waals surface area contributed by atoms with Crippen molar-refractivity contribution in [2.45, 2.75) is 5.92 Å². The minimum Gasteiger partial charge on any atom is -0.379 e. The second kappa shape index (κ2) is 10.7. The van der Waals surface area contributed by atoms with E-state index in [4.69, 9.17) is 16.3 Å². The highest BCUT2D eigenvalue weighted by Gasteiger charge is 2.59. The van der Waals surface area contributed by atoms with Crippen LogP contribution in [0.25, 0.3) is 0 Å². The number of carbonyl (C=O) groups excluding carboxylic acids is 1. The first-order chi connectivity index (χ1) is 16.7. The normalized spacial score (nSPS) is 23.3. The number of rotatable bonds is 7. The maximum absolute atomic E-state index is 13.7. The summed E-state index contributed by atoms with van der Waals surface area (Å²) in [6, 6.07) is 15.9. The quantitative estimate of drug-likeness (QED) is 0.566. The van der Waals surface area contributed by atoms with E-state index in [1.54, 1.807) is 24.3 Å². The first-order valence-corrected chi connectivity index (χ1v) is 13.3. The van der Waals surface area contributed by atoms with Gasteiger partial charge in [0.2, 0.25) is 0 Å². The summed E-state index contributed by atoms with van der Waals surface area (Å²) in [6.45, 7) is 3.72. The average Bonchev–Trinajstić information content (AvgIpc) is 3.28. The Morgan fingerprint density at radius 1 is 1.14 bits per heavy atom. The summed E-state index contributed by atoms with van der Waals surface area (Å²) in [5.41, 5.74) is 2.14. The maximum Gasteiger partial charge on any atom is 0.460 e. The third kappa shape index (κ3) is 5.28. The predicted octanol–water partition coefficient (Wildman–Crippen LogP) is 2.51. The number of urea groups is 1. The van der Waals surface area contributed by atoms with Crippen LogP contribution in [-0.4, -0.2) is 93.4 Å². The fraction of sp³-hybridized carbons (Fsp3) is 0.417. The summed E-state index contributed by atoms with van der Waals surface area (Å²) in [5.74, 6) is -0.405. The second-order valence-electron chi connectivity index (χ2n) is 8.79. The first kappa shape index (κ1) is 25.7. The lowest BCUT2D eigenvalue weighted by Gasteiger charge is -2.29. The molecule has 4 rings (SSSR count). The lowest BCUT2D eigenvalue weighted by Crippen LogP contribution is -2.60. The van der Waals surface area contributed by atoms with Crippen LogP contribution in [0.2, 0.25) is 5.02 Å². The van der Waals surface area contributed by atoms with Gasteiger partial charge < -0.3 is 10.1 Å². The standard InChI is InChI=1S/C24H30ClN5O4S/c1-28(2)35(32,33)30(24(31)26-12-13-29-14-16-34-17-15-29)18-22(19-6-4-3-5-7-19)23(27-30)20-8-10-21(25)11-9-20/h3-11,22H,12-18H2,1-2H3/p+1. The number of halogens is 1. The van der Waals surface area contributed by atoms with Crippen LogP contribution >= 0.6 is 11.6 Å². The number of hydrogen-bond donors (Lipinski definition) is 1. The summed E-state index contributed by atoms with van der Waals surface area (Å²) in [4.78, 5) is 15.8. The Bertz CT molecular complexity index is 1170.